The Balaban J connectivity index is 1.91. The SMILES string of the molecule is C[NH+](C)Cc1ccc(CNC(=O)c2ccc(CS(C)(=O)=O)cc2)cc1. The van der Waals surface area contributed by atoms with Crippen LogP contribution in [0.5, 0.6) is 0 Å². The summed E-state index contributed by atoms with van der Waals surface area (Å²) >= 11 is 0. The van der Waals surface area contributed by atoms with Crippen LogP contribution in [0, 0.1) is 0 Å². The second kappa shape index (κ2) is 8.27. The van der Waals surface area contributed by atoms with Crippen LogP contribution in [0.25, 0.3) is 0 Å². The molecule has 0 heterocycles. The van der Waals surface area contributed by atoms with Crippen LogP contribution in [0.1, 0.15) is 27.0 Å². The highest BCUT2D eigenvalue weighted by Gasteiger charge is 2.08. The summed E-state index contributed by atoms with van der Waals surface area (Å²) in [6.07, 6.45) is 1.19. The fourth-order valence-electron chi connectivity index (χ4n) is 2.52. The fraction of sp³-hybridized carbons (Fsp3) is 0.316. The molecule has 0 aromatic heterocycles. The molecule has 0 atom stereocenters. The fourth-order valence-corrected chi connectivity index (χ4v) is 3.32. The van der Waals surface area contributed by atoms with E-state index in [1.165, 1.54) is 16.7 Å². The van der Waals surface area contributed by atoms with Crippen LogP contribution in [-0.2, 0) is 28.7 Å². The van der Waals surface area contributed by atoms with E-state index >= 15 is 0 Å². The van der Waals surface area contributed by atoms with Crippen molar-refractivity contribution in [2.24, 2.45) is 0 Å². The van der Waals surface area contributed by atoms with E-state index in [-0.39, 0.29) is 11.7 Å². The maximum absolute atomic E-state index is 12.2. The van der Waals surface area contributed by atoms with Crippen molar-refractivity contribution in [3.05, 3.63) is 70.8 Å². The van der Waals surface area contributed by atoms with Crippen LogP contribution in [-0.4, -0.2) is 34.7 Å². The van der Waals surface area contributed by atoms with Gasteiger partial charge >= 0.3 is 0 Å². The lowest BCUT2D eigenvalue weighted by Crippen LogP contribution is -3.04. The van der Waals surface area contributed by atoms with Crippen molar-refractivity contribution in [2.75, 3.05) is 20.4 Å². The quantitative estimate of drug-likeness (QED) is 0.767. The molecule has 0 spiro atoms. The molecule has 6 heteroatoms. The number of rotatable bonds is 7. The largest absolute Gasteiger partial charge is 0.348 e. The minimum Gasteiger partial charge on any atom is -0.348 e. The molecule has 1 amide bonds. The average Bonchev–Trinajstić information content (AvgIpc) is 2.52. The first kappa shape index (κ1) is 19.1. The highest BCUT2D eigenvalue weighted by molar-refractivity contribution is 7.89. The van der Waals surface area contributed by atoms with Gasteiger partial charge in [-0.2, -0.15) is 0 Å². The standard InChI is InChI=1S/C19H24N2O3S/c1-21(2)13-16-6-4-15(5-7-16)12-20-19(22)18-10-8-17(9-11-18)14-25(3,23)24/h4-11H,12-14H2,1-3H3,(H,20,22)/p+1. The summed E-state index contributed by atoms with van der Waals surface area (Å²) in [6, 6.07) is 14.9. The molecular weight excluding hydrogens is 336 g/mol. The van der Waals surface area contributed by atoms with E-state index in [0.29, 0.717) is 17.7 Å². The number of quaternary nitrogens is 1. The second-order valence-corrected chi connectivity index (χ2v) is 8.79. The van der Waals surface area contributed by atoms with Crippen molar-refractivity contribution in [2.45, 2.75) is 18.8 Å². The van der Waals surface area contributed by atoms with Gasteiger partial charge in [-0.05, 0) is 23.3 Å². The zero-order chi connectivity index (χ0) is 18.4. The number of carbonyl (C=O) groups excluding carboxylic acids is 1. The molecule has 0 aliphatic heterocycles. The Labute approximate surface area is 149 Å². The highest BCUT2D eigenvalue weighted by atomic mass is 32.2. The molecule has 2 aromatic carbocycles. The van der Waals surface area contributed by atoms with Gasteiger partial charge in [0.05, 0.1) is 19.8 Å². The molecule has 0 aliphatic carbocycles. The van der Waals surface area contributed by atoms with Crippen LogP contribution >= 0.6 is 0 Å². The predicted octanol–water partition coefficient (Wildman–Crippen LogP) is 0.806. The van der Waals surface area contributed by atoms with Crippen LogP contribution in [0.3, 0.4) is 0 Å². The molecule has 0 unspecified atom stereocenters. The van der Waals surface area contributed by atoms with Crippen LogP contribution in [0.15, 0.2) is 48.5 Å². The molecular formula is C19H25N2O3S+. The van der Waals surface area contributed by atoms with Crippen molar-refractivity contribution in [3.63, 3.8) is 0 Å². The Morgan fingerprint density at radius 2 is 1.44 bits per heavy atom. The van der Waals surface area contributed by atoms with Crippen molar-refractivity contribution < 1.29 is 18.1 Å². The summed E-state index contributed by atoms with van der Waals surface area (Å²) < 4.78 is 22.6. The topological polar surface area (TPSA) is 67.7 Å². The van der Waals surface area contributed by atoms with Crippen LogP contribution in [0.4, 0.5) is 0 Å². The Hall–Kier alpha value is -2.18. The van der Waals surface area contributed by atoms with Gasteiger partial charge in [0.25, 0.3) is 5.91 Å². The van der Waals surface area contributed by atoms with Gasteiger partial charge in [-0.15, -0.1) is 0 Å². The molecule has 2 N–H and O–H groups in total. The Bertz CT molecular complexity index is 811. The monoisotopic (exact) mass is 361 g/mol. The third-order valence-corrected chi connectivity index (χ3v) is 4.54. The van der Waals surface area contributed by atoms with Gasteiger partial charge in [-0.25, -0.2) is 8.42 Å². The molecule has 0 saturated heterocycles. The Morgan fingerprint density at radius 3 is 1.96 bits per heavy atom. The smallest absolute Gasteiger partial charge is 0.251 e. The maximum atomic E-state index is 12.2. The number of hydrogen-bond acceptors (Lipinski definition) is 3. The van der Waals surface area contributed by atoms with Crippen molar-refractivity contribution in [3.8, 4) is 0 Å². The number of benzene rings is 2. The van der Waals surface area contributed by atoms with Gasteiger partial charge in [-0.1, -0.05) is 36.4 Å². The summed E-state index contributed by atoms with van der Waals surface area (Å²) in [7, 11) is 1.14. The summed E-state index contributed by atoms with van der Waals surface area (Å²) in [5.74, 6) is -0.191. The lowest BCUT2D eigenvalue weighted by molar-refractivity contribution is -0.872. The number of nitrogens with one attached hydrogen (secondary N) is 2. The molecule has 2 rings (SSSR count). The average molecular weight is 361 g/mol. The molecule has 2 aromatic rings. The second-order valence-electron chi connectivity index (χ2n) is 6.65. The molecule has 0 saturated carbocycles. The van der Waals surface area contributed by atoms with Crippen molar-refractivity contribution in [1.29, 1.82) is 0 Å². The van der Waals surface area contributed by atoms with E-state index < -0.39 is 9.84 Å². The maximum Gasteiger partial charge on any atom is 0.251 e. The third-order valence-electron chi connectivity index (χ3n) is 3.68. The highest BCUT2D eigenvalue weighted by Crippen LogP contribution is 2.09. The lowest BCUT2D eigenvalue weighted by Gasteiger charge is -2.09. The third kappa shape index (κ3) is 6.68. The number of amides is 1. The first-order valence-electron chi connectivity index (χ1n) is 8.14. The summed E-state index contributed by atoms with van der Waals surface area (Å²) in [6.45, 7) is 1.42. The first-order chi connectivity index (χ1) is 11.7. The Kier molecular flexibility index (Phi) is 6.33. The van der Waals surface area contributed by atoms with Crippen molar-refractivity contribution in [1.82, 2.24) is 5.32 Å². The van der Waals surface area contributed by atoms with Gasteiger partial charge in [0.1, 0.15) is 6.54 Å². The molecule has 0 fully saturated rings. The summed E-state index contributed by atoms with van der Waals surface area (Å²) in [5.41, 5.74) is 3.50. The molecule has 0 radical (unpaired) electrons. The van der Waals surface area contributed by atoms with Gasteiger partial charge in [0.15, 0.2) is 9.84 Å². The minimum atomic E-state index is -3.07. The van der Waals surface area contributed by atoms with E-state index in [1.54, 1.807) is 24.3 Å². The molecule has 0 aliphatic rings. The number of carbonyl (C=O) groups is 1. The zero-order valence-corrected chi connectivity index (χ0v) is 15.7. The normalized spacial score (nSPS) is 11.5. The Morgan fingerprint density at radius 1 is 0.920 bits per heavy atom. The van der Waals surface area contributed by atoms with Crippen LogP contribution in [0.2, 0.25) is 0 Å². The van der Waals surface area contributed by atoms with E-state index in [2.05, 4.69) is 31.5 Å². The van der Waals surface area contributed by atoms with Crippen molar-refractivity contribution >= 4 is 15.7 Å². The molecule has 0 bridgehead atoms. The van der Waals surface area contributed by atoms with E-state index in [4.69, 9.17) is 0 Å². The zero-order valence-electron chi connectivity index (χ0n) is 14.9. The lowest BCUT2D eigenvalue weighted by atomic mass is 10.1. The van der Waals surface area contributed by atoms with Gasteiger partial charge in [0, 0.05) is 23.9 Å². The molecule has 134 valence electrons. The van der Waals surface area contributed by atoms with E-state index in [9.17, 15) is 13.2 Å². The van der Waals surface area contributed by atoms with Gasteiger partial charge in [0.2, 0.25) is 0 Å². The predicted molar refractivity (Wildman–Crippen MR) is 99.1 cm³/mol. The first-order valence-corrected chi connectivity index (χ1v) is 10.2. The van der Waals surface area contributed by atoms with E-state index in [0.717, 1.165) is 12.1 Å². The molecule has 25 heavy (non-hydrogen) atoms. The minimum absolute atomic E-state index is 0.0179. The van der Waals surface area contributed by atoms with Crippen LogP contribution < -0.4 is 10.2 Å². The summed E-state index contributed by atoms with van der Waals surface area (Å²) in [5, 5.41) is 2.88. The number of hydrogen-bond donors (Lipinski definition) is 2. The number of sulfone groups is 1. The van der Waals surface area contributed by atoms with Gasteiger partial charge < -0.3 is 10.2 Å². The summed E-state index contributed by atoms with van der Waals surface area (Å²) in [4.78, 5) is 13.6. The van der Waals surface area contributed by atoms with E-state index in [1.807, 2.05) is 12.1 Å². The van der Waals surface area contributed by atoms with Gasteiger partial charge in [-0.3, -0.25) is 4.79 Å². The molecule has 5 nitrogen and oxygen atoms in total.